The number of carbonyl (C=O) groups excluding carboxylic acids is 1. The van der Waals surface area contributed by atoms with Gasteiger partial charge in [0.1, 0.15) is 6.10 Å². The van der Waals surface area contributed by atoms with Crippen molar-refractivity contribution in [3.8, 4) is 0 Å². The van der Waals surface area contributed by atoms with Gasteiger partial charge in [0.15, 0.2) is 0 Å². The summed E-state index contributed by atoms with van der Waals surface area (Å²) in [6, 6.07) is 0. The Bertz CT molecular complexity index is 324. The maximum atomic E-state index is 12.0. The van der Waals surface area contributed by atoms with E-state index in [1.54, 1.807) is 0 Å². The molecule has 0 aromatic rings. The lowest BCUT2D eigenvalue weighted by Crippen LogP contribution is -2.42. The highest BCUT2D eigenvalue weighted by Gasteiger charge is 2.37. The van der Waals surface area contributed by atoms with E-state index in [4.69, 9.17) is 9.47 Å². The molecule has 0 aliphatic carbocycles. The molecular formula is C15H27NO3. The number of nitrogens with one attached hydrogen (secondary N) is 1. The molecule has 2 fully saturated rings. The van der Waals surface area contributed by atoms with Gasteiger partial charge in [-0.25, -0.2) is 0 Å². The first-order chi connectivity index (χ1) is 8.88. The standard InChI is InChI=1S/C15H27NO3/c1-10-5-6-12(19-10)14(17)16-9-11-7-8-18-13(11)15(2,3)4/h10-13H,5-9H2,1-4H3,(H,16,17)/t10-,11+,12-,13-/m0/s1. The highest BCUT2D eigenvalue weighted by Crippen LogP contribution is 2.34. The maximum Gasteiger partial charge on any atom is 0.249 e. The van der Waals surface area contributed by atoms with Crippen LogP contribution < -0.4 is 5.32 Å². The minimum absolute atomic E-state index is 0.0453. The normalized spacial score (nSPS) is 35.6. The van der Waals surface area contributed by atoms with Crippen LogP contribution in [0.25, 0.3) is 0 Å². The van der Waals surface area contributed by atoms with Crippen molar-refractivity contribution in [1.82, 2.24) is 5.32 Å². The minimum Gasteiger partial charge on any atom is -0.377 e. The van der Waals surface area contributed by atoms with Gasteiger partial charge in [-0.3, -0.25) is 4.79 Å². The molecular weight excluding hydrogens is 242 g/mol. The van der Waals surface area contributed by atoms with E-state index in [0.717, 1.165) is 25.9 Å². The van der Waals surface area contributed by atoms with Gasteiger partial charge in [0.05, 0.1) is 12.2 Å². The quantitative estimate of drug-likeness (QED) is 0.853. The largest absolute Gasteiger partial charge is 0.377 e. The summed E-state index contributed by atoms with van der Waals surface area (Å²) in [5.41, 5.74) is 0.129. The molecule has 1 N–H and O–H groups in total. The fraction of sp³-hybridized carbons (Fsp3) is 0.933. The summed E-state index contributed by atoms with van der Waals surface area (Å²) < 4.78 is 11.4. The molecule has 2 rings (SSSR count). The number of rotatable bonds is 3. The van der Waals surface area contributed by atoms with Crippen LogP contribution in [0.4, 0.5) is 0 Å². The van der Waals surface area contributed by atoms with Crippen molar-refractivity contribution in [2.75, 3.05) is 13.2 Å². The van der Waals surface area contributed by atoms with Crippen LogP contribution in [0.5, 0.6) is 0 Å². The van der Waals surface area contributed by atoms with Crippen LogP contribution in [0.3, 0.4) is 0 Å². The van der Waals surface area contributed by atoms with Crippen molar-refractivity contribution in [2.45, 2.75) is 65.3 Å². The van der Waals surface area contributed by atoms with E-state index >= 15 is 0 Å². The fourth-order valence-corrected chi connectivity index (χ4v) is 3.14. The average Bonchev–Trinajstić information content (AvgIpc) is 2.93. The molecule has 0 spiro atoms. The number of ether oxygens (including phenoxy) is 2. The first kappa shape index (κ1) is 14.8. The Kier molecular flexibility index (Phi) is 4.51. The Balaban J connectivity index is 1.80. The predicted octanol–water partition coefficient (Wildman–Crippen LogP) is 2.12. The summed E-state index contributed by atoms with van der Waals surface area (Å²) in [4.78, 5) is 12.0. The second-order valence-electron chi connectivity index (χ2n) is 6.96. The van der Waals surface area contributed by atoms with E-state index < -0.39 is 0 Å². The zero-order valence-corrected chi connectivity index (χ0v) is 12.6. The van der Waals surface area contributed by atoms with Gasteiger partial charge in [-0.2, -0.15) is 0 Å². The zero-order chi connectivity index (χ0) is 14.0. The molecule has 0 aromatic heterocycles. The average molecular weight is 269 g/mol. The van der Waals surface area contributed by atoms with Gasteiger partial charge in [-0.15, -0.1) is 0 Å². The van der Waals surface area contributed by atoms with E-state index in [1.165, 1.54) is 0 Å². The van der Waals surface area contributed by atoms with Crippen LogP contribution >= 0.6 is 0 Å². The highest BCUT2D eigenvalue weighted by molar-refractivity contribution is 5.81. The molecule has 4 nitrogen and oxygen atoms in total. The lowest BCUT2D eigenvalue weighted by Gasteiger charge is -2.31. The van der Waals surface area contributed by atoms with Gasteiger partial charge in [0.2, 0.25) is 5.91 Å². The molecule has 1 amide bonds. The molecule has 19 heavy (non-hydrogen) atoms. The topological polar surface area (TPSA) is 47.6 Å². The van der Waals surface area contributed by atoms with E-state index in [-0.39, 0.29) is 29.6 Å². The van der Waals surface area contributed by atoms with Crippen LogP contribution in [0, 0.1) is 11.3 Å². The third-order valence-corrected chi connectivity index (χ3v) is 4.13. The van der Waals surface area contributed by atoms with E-state index in [9.17, 15) is 4.79 Å². The Morgan fingerprint density at radius 3 is 2.58 bits per heavy atom. The predicted molar refractivity (Wildman–Crippen MR) is 73.9 cm³/mol. The summed E-state index contributed by atoms with van der Waals surface area (Å²) in [6.07, 6.45) is 3.06. The second kappa shape index (κ2) is 5.80. The molecule has 2 aliphatic heterocycles. The van der Waals surface area contributed by atoms with Crippen molar-refractivity contribution in [1.29, 1.82) is 0 Å². The third kappa shape index (κ3) is 3.69. The van der Waals surface area contributed by atoms with Crippen molar-refractivity contribution in [2.24, 2.45) is 11.3 Å². The second-order valence-corrected chi connectivity index (χ2v) is 6.96. The molecule has 0 radical (unpaired) electrons. The summed E-state index contributed by atoms with van der Waals surface area (Å²) in [7, 11) is 0. The minimum atomic E-state index is -0.245. The van der Waals surface area contributed by atoms with Crippen molar-refractivity contribution >= 4 is 5.91 Å². The van der Waals surface area contributed by atoms with E-state index in [0.29, 0.717) is 12.5 Å². The van der Waals surface area contributed by atoms with Gasteiger partial charge in [0, 0.05) is 19.1 Å². The van der Waals surface area contributed by atoms with Crippen LogP contribution in [-0.2, 0) is 14.3 Å². The summed E-state index contributed by atoms with van der Waals surface area (Å²) in [5, 5.41) is 3.05. The summed E-state index contributed by atoms with van der Waals surface area (Å²) in [5.74, 6) is 0.465. The maximum absolute atomic E-state index is 12.0. The highest BCUT2D eigenvalue weighted by atomic mass is 16.5. The van der Waals surface area contributed by atoms with Gasteiger partial charge >= 0.3 is 0 Å². The lowest BCUT2D eigenvalue weighted by atomic mass is 9.81. The molecule has 0 unspecified atom stereocenters. The zero-order valence-electron chi connectivity index (χ0n) is 12.6. The van der Waals surface area contributed by atoms with E-state index in [2.05, 4.69) is 26.1 Å². The molecule has 110 valence electrons. The van der Waals surface area contributed by atoms with Gasteiger partial charge in [0.25, 0.3) is 0 Å². The summed E-state index contributed by atoms with van der Waals surface area (Å²) >= 11 is 0. The Morgan fingerprint density at radius 1 is 1.26 bits per heavy atom. The SMILES string of the molecule is C[C@H]1CC[C@@H](C(=O)NC[C@H]2CCO[C@@H]2C(C)(C)C)O1. The molecule has 2 saturated heterocycles. The Labute approximate surface area is 116 Å². The van der Waals surface area contributed by atoms with Gasteiger partial charge in [-0.05, 0) is 31.6 Å². The third-order valence-electron chi connectivity index (χ3n) is 4.13. The first-order valence-electron chi connectivity index (χ1n) is 7.42. The lowest BCUT2D eigenvalue weighted by molar-refractivity contribution is -0.132. The summed E-state index contributed by atoms with van der Waals surface area (Å²) in [6.45, 7) is 10.1. The molecule has 0 saturated carbocycles. The molecule has 4 atom stereocenters. The van der Waals surface area contributed by atoms with Crippen LogP contribution in [0.1, 0.15) is 47.0 Å². The monoisotopic (exact) mass is 269 g/mol. The van der Waals surface area contributed by atoms with Gasteiger partial charge < -0.3 is 14.8 Å². The molecule has 0 bridgehead atoms. The van der Waals surface area contributed by atoms with Crippen molar-refractivity contribution in [3.05, 3.63) is 0 Å². The van der Waals surface area contributed by atoms with Crippen molar-refractivity contribution in [3.63, 3.8) is 0 Å². The van der Waals surface area contributed by atoms with Crippen molar-refractivity contribution < 1.29 is 14.3 Å². The number of hydrogen-bond donors (Lipinski definition) is 1. The van der Waals surface area contributed by atoms with Gasteiger partial charge in [-0.1, -0.05) is 20.8 Å². The van der Waals surface area contributed by atoms with Crippen LogP contribution in [0.15, 0.2) is 0 Å². The van der Waals surface area contributed by atoms with Crippen LogP contribution in [-0.4, -0.2) is 37.4 Å². The number of amides is 1. The molecule has 2 aliphatic rings. The number of carbonyl (C=O) groups is 1. The molecule has 0 aromatic carbocycles. The Morgan fingerprint density at radius 2 is 2.00 bits per heavy atom. The molecule has 2 heterocycles. The number of hydrogen-bond acceptors (Lipinski definition) is 3. The van der Waals surface area contributed by atoms with Crippen LogP contribution in [0.2, 0.25) is 0 Å². The van der Waals surface area contributed by atoms with E-state index in [1.807, 2.05) is 6.92 Å². The Hall–Kier alpha value is -0.610. The first-order valence-corrected chi connectivity index (χ1v) is 7.42. The molecule has 4 heteroatoms. The smallest absolute Gasteiger partial charge is 0.249 e. The fourth-order valence-electron chi connectivity index (χ4n) is 3.14.